The fraction of sp³-hybridized carbons (Fsp3) is 0.742. The monoisotopic (exact) mass is 672 g/mol. The fourth-order valence-corrected chi connectivity index (χ4v) is 7.04. The Morgan fingerprint density at radius 3 is 1.89 bits per heavy atom. The third-order valence-corrected chi connectivity index (χ3v) is 8.58. The quantitative estimate of drug-likeness (QED) is 0.119. The van der Waals surface area contributed by atoms with E-state index in [1.807, 2.05) is 0 Å². The molecule has 2 aliphatic carbocycles. The third kappa shape index (κ3) is 8.17. The number of esters is 5. The molecule has 0 unspecified atom stereocenters. The van der Waals surface area contributed by atoms with Crippen molar-refractivity contribution in [3.05, 3.63) is 12.2 Å². The van der Waals surface area contributed by atoms with Crippen LogP contribution in [0.2, 0.25) is 0 Å². The number of rotatable bonds is 10. The lowest BCUT2D eigenvalue weighted by Gasteiger charge is -2.55. The van der Waals surface area contributed by atoms with Gasteiger partial charge in [-0.05, 0) is 38.2 Å². The van der Waals surface area contributed by atoms with E-state index in [9.17, 15) is 44.1 Å². The summed E-state index contributed by atoms with van der Waals surface area (Å²) in [5.41, 5.74) is -1.96. The molecule has 1 heterocycles. The fourth-order valence-electron chi connectivity index (χ4n) is 7.04. The second-order valence-corrected chi connectivity index (χ2v) is 12.7. The van der Waals surface area contributed by atoms with Crippen molar-refractivity contribution in [1.82, 2.24) is 0 Å². The lowest BCUT2D eigenvalue weighted by Crippen LogP contribution is -2.69. The van der Waals surface area contributed by atoms with Gasteiger partial charge in [0.25, 0.3) is 0 Å². The molecule has 2 saturated carbocycles. The molecule has 264 valence electrons. The number of carbonyl (C=O) groups is 6. The summed E-state index contributed by atoms with van der Waals surface area (Å²) in [7, 11) is 0. The predicted octanol–water partition coefficient (Wildman–Crippen LogP) is -0.134. The highest BCUT2D eigenvalue weighted by Crippen LogP contribution is 2.57. The Labute approximate surface area is 271 Å². The Kier molecular flexibility index (Phi) is 11.6. The summed E-state index contributed by atoms with van der Waals surface area (Å²) in [4.78, 5) is 74.1. The molecule has 0 spiro atoms. The number of fused-ring (bicyclic) bond motifs is 1. The van der Waals surface area contributed by atoms with Crippen LogP contribution in [0.4, 0.5) is 0 Å². The van der Waals surface area contributed by atoms with Crippen LogP contribution in [0.3, 0.4) is 0 Å². The van der Waals surface area contributed by atoms with Crippen molar-refractivity contribution in [2.45, 2.75) is 116 Å². The first kappa shape index (κ1) is 38.0. The molecule has 0 aromatic carbocycles. The predicted molar refractivity (Wildman–Crippen MR) is 154 cm³/mol. The van der Waals surface area contributed by atoms with E-state index < -0.39 is 114 Å². The zero-order chi connectivity index (χ0) is 35.8. The Morgan fingerprint density at radius 2 is 1.43 bits per heavy atom. The maximum atomic E-state index is 13.2. The number of ether oxygens (including phenoxy) is 7. The molecule has 1 aliphatic heterocycles. The lowest BCUT2D eigenvalue weighted by atomic mass is 9.59. The summed E-state index contributed by atoms with van der Waals surface area (Å²) < 4.78 is 39.1. The van der Waals surface area contributed by atoms with Gasteiger partial charge in [-0.1, -0.05) is 6.58 Å². The highest BCUT2D eigenvalue weighted by atomic mass is 16.8. The van der Waals surface area contributed by atoms with Gasteiger partial charge in [-0.15, -0.1) is 0 Å². The first-order chi connectivity index (χ1) is 21.6. The first-order valence-corrected chi connectivity index (χ1v) is 15.1. The van der Waals surface area contributed by atoms with Crippen LogP contribution in [0, 0.1) is 23.7 Å². The molecule has 0 amide bonds. The van der Waals surface area contributed by atoms with Crippen LogP contribution in [-0.4, -0.2) is 112 Å². The Morgan fingerprint density at radius 1 is 0.915 bits per heavy atom. The summed E-state index contributed by atoms with van der Waals surface area (Å²) in [6, 6.07) is 0. The maximum absolute atomic E-state index is 13.2. The smallest absolute Gasteiger partial charge is 0.303 e. The van der Waals surface area contributed by atoms with E-state index in [2.05, 4.69) is 6.58 Å². The van der Waals surface area contributed by atoms with E-state index in [0.29, 0.717) is 0 Å². The van der Waals surface area contributed by atoms with Gasteiger partial charge in [-0.3, -0.25) is 28.8 Å². The minimum atomic E-state index is -2.78. The first-order valence-electron chi connectivity index (χ1n) is 15.1. The molecule has 0 aromatic rings. The molecule has 1 saturated heterocycles. The molecule has 0 aromatic heterocycles. The lowest BCUT2D eigenvalue weighted by molar-refractivity contribution is -0.382. The second kappa shape index (κ2) is 14.4. The molecule has 16 nitrogen and oxygen atoms in total. The highest BCUT2D eigenvalue weighted by molar-refractivity contribution is 5.85. The van der Waals surface area contributed by atoms with Crippen molar-refractivity contribution in [2.75, 3.05) is 6.61 Å². The van der Waals surface area contributed by atoms with Gasteiger partial charge in [0.1, 0.15) is 18.5 Å². The molecular formula is C31H44O16. The standard InChI is InChI=1S/C31H44O16/c1-12-19-10-20(38)22(13(2)32)23(19)24(30(8,9)39)28(45-18(7)37)31(12,40)47-29-27(44-17(6)36)26(43-16(5)35)25(42-15(4)34)21(46-29)11-41-14(3)33/h13,19,21-29,32,39-40H,1,10-11H2,2-9H3/t13-,19+,21-,22+,23+,24+,25-,26+,27-,28-,29+,31+/m1/s1. The Hall–Kier alpha value is -3.44. The number of hydrogen-bond acceptors (Lipinski definition) is 16. The van der Waals surface area contributed by atoms with Crippen LogP contribution in [0.25, 0.3) is 0 Å². The van der Waals surface area contributed by atoms with E-state index in [1.54, 1.807) is 0 Å². The number of aliphatic hydroxyl groups excluding tert-OH is 1. The molecule has 47 heavy (non-hydrogen) atoms. The molecule has 12 atom stereocenters. The van der Waals surface area contributed by atoms with Crippen molar-refractivity contribution in [3.63, 3.8) is 0 Å². The van der Waals surface area contributed by atoms with Crippen LogP contribution in [0.1, 0.15) is 61.8 Å². The topological polar surface area (TPSA) is 228 Å². The zero-order valence-corrected chi connectivity index (χ0v) is 27.6. The molecule has 3 fully saturated rings. The molecule has 3 N–H and O–H groups in total. The van der Waals surface area contributed by atoms with E-state index in [4.69, 9.17) is 33.2 Å². The normalized spacial score (nSPS) is 36.1. The highest BCUT2D eigenvalue weighted by Gasteiger charge is 2.68. The molecule has 0 radical (unpaired) electrons. The van der Waals surface area contributed by atoms with Crippen LogP contribution < -0.4 is 0 Å². The molecule has 3 aliphatic rings. The molecule has 0 bridgehead atoms. The van der Waals surface area contributed by atoms with Crippen molar-refractivity contribution in [1.29, 1.82) is 0 Å². The van der Waals surface area contributed by atoms with Gasteiger partial charge < -0.3 is 48.5 Å². The Balaban J connectivity index is 2.23. The van der Waals surface area contributed by atoms with Gasteiger partial charge in [-0.25, -0.2) is 0 Å². The van der Waals surface area contributed by atoms with Crippen molar-refractivity contribution in [3.8, 4) is 0 Å². The summed E-state index contributed by atoms with van der Waals surface area (Å²) in [6.45, 7) is 12.8. The summed E-state index contributed by atoms with van der Waals surface area (Å²) in [6.07, 6.45) is -11.5. The second-order valence-electron chi connectivity index (χ2n) is 12.7. The van der Waals surface area contributed by atoms with Crippen molar-refractivity contribution < 1.29 is 77.2 Å². The van der Waals surface area contributed by atoms with Gasteiger partial charge in [0, 0.05) is 52.9 Å². The van der Waals surface area contributed by atoms with Crippen LogP contribution in [-0.2, 0) is 61.9 Å². The number of Topliss-reactive ketones (excluding diaryl/α,β-unsaturated/α-hetero) is 1. The van der Waals surface area contributed by atoms with Gasteiger partial charge in [-0.2, -0.15) is 0 Å². The SMILES string of the molecule is C=C1[C@@H]2CC(=O)[C@H]([C@@H](C)O)[C@H]2[C@H](C(C)(C)O)[C@@H](OC(C)=O)[C@@]1(O)O[C@@H]1O[C@H](COC(C)=O)[C@@H](OC(C)=O)[C@H](OC(C)=O)[C@H]1OC(C)=O. The van der Waals surface area contributed by atoms with Crippen molar-refractivity contribution in [2.24, 2.45) is 23.7 Å². The Bertz CT molecular complexity index is 1270. The van der Waals surface area contributed by atoms with Gasteiger partial charge in [0.05, 0.1) is 11.7 Å². The van der Waals surface area contributed by atoms with E-state index >= 15 is 0 Å². The number of aliphatic hydroxyl groups is 3. The van der Waals surface area contributed by atoms with Crippen LogP contribution in [0.5, 0.6) is 0 Å². The van der Waals surface area contributed by atoms with E-state index in [1.165, 1.54) is 20.8 Å². The average molecular weight is 673 g/mol. The maximum Gasteiger partial charge on any atom is 0.303 e. The van der Waals surface area contributed by atoms with Crippen molar-refractivity contribution >= 4 is 35.6 Å². The van der Waals surface area contributed by atoms with Crippen LogP contribution in [0.15, 0.2) is 12.2 Å². The zero-order valence-electron chi connectivity index (χ0n) is 27.6. The summed E-state index contributed by atoms with van der Waals surface area (Å²) >= 11 is 0. The number of hydrogen-bond donors (Lipinski definition) is 3. The molecule has 3 rings (SSSR count). The van der Waals surface area contributed by atoms with E-state index in [0.717, 1.165) is 34.6 Å². The third-order valence-electron chi connectivity index (χ3n) is 8.58. The number of carbonyl (C=O) groups excluding carboxylic acids is 6. The van der Waals surface area contributed by atoms with Gasteiger partial charge in [0.2, 0.25) is 12.1 Å². The van der Waals surface area contributed by atoms with Gasteiger partial charge >= 0.3 is 29.8 Å². The molecular weight excluding hydrogens is 628 g/mol. The molecule has 16 heteroatoms. The summed E-state index contributed by atoms with van der Waals surface area (Å²) in [5.74, 6) is -11.6. The summed E-state index contributed by atoms with van der Waals surface area (Å²) in [5, 5.41) is 34.5. The van der Waals surface area contributed by atoms with E-state index in [-0.39, 0.29) is 17.8 Å². The largest absolute Gasteiger partial charge is 0.463 e. The minimum absolute atomic E-state index is 0.182. The van der Waals surface area contributed by atoms with Crippen LogP contribution >= 0.6 is 0 Å². The van der Waals surface area contributed by atoms with Gasteiger partial charge in [0.15, 0.2) is 24.4 Å². The number of ketones is 1. The minimum Gasteiger partial charge on any atom is -0.463 e. The average Bonchev–Trinajstić information content (AvgIpc) is 3.24.